The molecule has 2 N–H and O–H groups in total. The standard InChI is InChI=1S/C27H24ClN3O5S/c1-34-22-13-17(14-23(35-2)24(22)36-3)27(33)16-37-26(31(27)20-7-5-4-6-8-20)21(15-29)25(32)30-19-11-9-18(28)10-12-19/h4-14,33H,16H2,1-3H3,(H,30,32). The third-order valence-corrected chi connectivity index (χ3v) is 7.24. The molecule has 10 heteroatoms. The predicted octanol–water partition coefficient (Wildman–Crippen LogP) is 5.14. The Morgan fingerprint density at radius 1 is 1.05 bits per heavy atom. The van der Waals surface area contributed by atoms with Crippen LogP contribution in [-0.4, -0.2) is 38.1 Å². The molecule has 0 radical (unpaired) electrons. The van der Waals surface area contributed by atoms with Gasteiger partial charge in [-0.3, -0.25) is 4.79 Å². The number of hydrogen-bond donors (Lipinski definition) is 2. The van der Waals surface area contributed by atoms with E-state index in [1.165, 1.54) is 33.1 Å². The van der Waals surface area contributed by atoms with E-state index in [1.54, 1.807) is 53.4 Å². The average molecular weight is 538 g/mol. The van der Waals surface area contributed by atoms with Gasteiger partial charge in [-0.1, -0.05) is 29.8 Å². The van der Waals surface area contributed by atoms with Gasteiger partial charge in [0.05, 0.1) is 27.1 Å². The van der Waals surface area contributed by atoms with E-state index in [-0.39, 0.29) is 11.3 Å². The molecule has 37 heavy (non-hydrogen) atoms. The molecule has 4 rings (SSSR count). The van der Waals surface area contributed by atoms with Gasteiger partial charge in [0.2, 0.25) is 5.75 Å². The number of hydrogen-bond acceptors (Lipinski definition) is 8. The molecule has 1 saturated heterocycles. The summed E-state index contributed by atoms with van der Waals surface area (Å²) in [6, 6.07) is 20.9. The number of rotatable bonds is 7. The van der Waals surface area contributed by atoms with E-state index in [4.69, 9.17) is 25.8 Å². The van der Waals surface area contributed by atoms with Gasteiger partial charge in [0.1, 0.15) is 16.7 Å². The Morgan fingerprint density at radius 3 is 2.22 bits per heavy atom. The summed E-state index contributed by atoms with van der Waals surface area (Å²) in [6.45, 7) is 0. The number of amides is 1. The van der Waals surface area contributed by atoms with E-state index in [1.807, 2.05) is 24.3 Å². The Hall–Kier alpha value is -3.84. The molecule has 1 atom stereocenters. The van der Waals surface area contributed by atoms with E-state index in [0.29, 0.717) is 44.2 Å². The minimum atomic E-state index is -1.66. The van der Waals surface area contributed by atoms with Crippen LogP contribution in [0.3, 0.4) is 0 Å². The van der Waals surface area contributed by atoms with Crippen molar-refractivity contribution in [2.24, 2.45) is 0 Å². The molecule has 8 nitrogen and oxygen atoms in total. The van der Waals surface area contributed by atoms with Gasteiger partial charge in [0, 0.05) is 22.0 Å². The van der Waals surface area contributed by atoms with Gasteiger partial charge in [-0.25, -0.2) is 0 Å². The normalized spacial score (nSPS) is 18.1. The number of anilines is 2. The van der Waals surface area contributed by atoms with Gasteiger partial charge in [-0.15, -0.1) is 11.8 Å². The summed E-state index contributed by atoms with van der Waals surface area (Å²) in [6.07, 6.45) is 0. The van der Waals surface area contributed by atoms with Crippen molar-refractivity contribution in [2.45, 2.75) is 5.72 Å². The topological polar surface area (TPSA) is 104 Å². The Labute approximate surface area is 224 Å². The first-order chi connectivity index (χ1) is 17.9. The molecule has 1 amide bonds. The van der Waals surface area contributed by atoms with Crippen LogP contribution in [0.4, 0.5) is 11.4 Å². The fraction of sp³-hybridized carbons (Fsp3) is 0.185. The van der Waals surface area contributed by atoms with Crippen LogP contribution >= 0.6 is 23.4 Å². The lowest BCUT2D eigenvalue weighted by Crippen LogP contribution is -2.43. The molecule has 1 fully saturated rings. The second kappa shape index (κ2) is 11.0. The zero-order chi connectivity index (χ0) is 26.6. The van der Waals surface area contributed by atoms with Crippen molar-refractivity contribution in [1.29, 1.82) is 5.26 Å². The number of nitriles is 1. The molecule has 1 heterocycles. The summed E-state index contributed by atoms with van der Waals surface area (Å²) >= 11 is 7.14. The fourth-order valence-electron chi connectivity index (χ4n) is 4.01. The van der Waals surface area contributed by atoms with Crippen LogP contribution in [0.15, 0.2) is 77.3 Å². The number of para-hydroxylation sites is 1. The third-order valence-electron chi connectivity index (χ3n) is 5.78. The molecular formula is C27H24ClN3O5S. The fourth-order valence-corrected chi connectivity index (χ4v) is 5.43. The van der Waals surface area contributed by atoms with Crippen molar-refractivity contribution in [3.8, 4) is 23.3 Å². The van der Waals surface area contributed by atoms with Crippen molar-refractivity contribution in [3.05, 3.63) is 87.9 Å². The monoisotopic (exact) mass is 537 g/mol. The highest BCUT2D eigenvalue weighted by Gasteiger charge is 2.47. The molecule has 0 aromatic heterocycles. The van der Waals surface area contributed by atoms with Gasteiger partial charge in [0.15, 0.2) is 17.2 Å². The lowest BCUT2D eigenvalue weighted by molar-refractivity contribution is -0.112. The lowest BCUT2D eigenvalue weighted by Gasteiger charge is -2.36. The second-order valence-electron chi connectivity index (χ2n) is 7.94. The van der Waals surface area contributed by atoms with Crippen LogP contribution in [0.1, 0.15) is 5.56 Å². The van der Waals surface area contributed by atoms with Crippen molar-refractivity contribution in [2.75, 3.05) is 37.3 Å². The number of carbonyl (C=O) groups is 1. The number of ether oxygens (including phenoxy) is 3. The van der Waals surface area contributed by atoms with Gasteiger partial charge < -0.3 is 29.5 Å². The van der Waals surface area contributed by atoms with Crippen LogP contribution in [0.2, 0.25) is 5.02 Å². The van der Waals surface area contributed by atoms with Gasteiger partial charge in [-0.2, -0.15) is 5.26 Å². The molecule has 0 saturated carbocycles. The summed E-state index contributed by atoms with van der Waals surface area (Å²) < 4.78 is 16.4. The first-order valence-corrected chi connectivity index (χ1v) is 12.4. The van der Waals surface area contributed by atoms with E-state index >= 15 is 0 Å². The molecule has 0 spiro atoms. The number of thioether (sulfide) groups is 1. The number of nitrogens with one attached hydrogen (secondary N) is 1. The average Bonchev–Trinajstić information content (AvgIpc) is 3.27. The number of methoxy groups -OCH3 is 3. The molecule has 3 aromatic carbocycles. The quantitative estimate of drug-likeness (QED) is 0.315. The predicted molar refractivity (Wildman–Crippen MR) is 144 cm³/mol. The molecular weight excluding hydrogens is 514 g/mol. The zero-order valence-corrected chi connectivity index (χ0v) is 21.9. The largest absolute Gasteiger partial charge is 0.493 e. The van der Waals surface area contributed by atoms with E-state index in [2.05, 4.69) is 5.32 Å². The Kier molecular flexibility index (Phi) is 7.83. The van der Waals surface area contributed by atoms with E-state index in [0.717, 1.165) is 0 Å². The maximum atomic E-state index is 13.2. The first kappa shape index (κ1) is 26.2. The third kappa shape index (κ3) is 5.04. The number of aliphatic hydroxyl groups is 1. The molecule has 0 bridgehead atoms. The maximum Gasteiger partial charge on any atom is 0.269 e. The molecule has 1 aliphatic rings. The molecule has 0 aliphatic carbocycles. The SMILES string of the molecule is COc1cc(C2(O)CSC(=C(C#N)C(=O)Nc3ccc(Cl)cc3)N2c2ccccc2)cc(OC)c1OC. The lowest BCUT2D eigenvalue weighted by atomic mass is 10.00. The highest BCUT2D eigenvalue weighted by atomic mass is 35.5. The van der Waals surface area contributed by atoms with Crippen molar-refractivity contribution < 1.29 is 24.1 Å². The van der Waals surface area contributed by atoms with E-state index < -0.39 is 11.6 Å². The van der Waals surface area contributed by atoms with Gasteiger partial charge in [0.25, 0.3) is 5.91 Å². The second-order valence-corrected chi connectivity index (χ2v) is 9.34. The molecule has 190 valence electrons. The smallest absolute Gasteiger partial charge is 0.269 e. The van der Waals surface area contributed by atoms with E-state index in [9.17, 15) is 15.2 Å². The Morgan fingerprint density at radius 2 is 1.68 bits per heavy atom. The first-order valence-electron chi connectivity index (χ1n) is 11.1. The Bertz CT molecular complexity index is 1350. The highest BCUT2D eigenvalue weighted by Crippen LogP contribution is 2.51. The number of halogens is 1. The summed E-state index contributed by atoms with van der Waals surface area (Å²) in [7, 11) is 4.48. The molecule has 1 unspecified atom stereocenters. The highest BCUT2D eigenvalue weighted by molar-refractivity contribution is 8.03. The number of benzene rings is 3. The minimum absolute atomic E-state index is 0.120. The van der Waals surface area contributed by atoms with Crippen LogP contribution in [0, 0.1) is 11.3 Å². The summed E-state index contributed by atoms with van der Waals surface area (Å²) in [5.41, 5.74) is -0.296. The van der Waals surface area contributed by atoms with Crippen LogP contribution in [0.25, 0.3) is 0 Å². The number of carbonyl (C=O) groups excluding carboxylic acids is 1. The minimum Gasteiger partial charge on any atom is -0.493 e. The molecule has 1 aliphatic heterocycles. The zero-order valence-electron chi connectivity index (χ0n) is 20.3. The van der Waals surface area contributed by atoms with Gasteiger partial charge >= 0.3 is 0 Å². The molecule has 3 aromatic rings. The summed E-state index contributed by atoms with van der Waals surface area (Å²) in [4.78, 5) is 14.8. The van der Waals surface area contributed by atoms with Crippen molar-refractivity contribution in [1.82, 2.24) is 0 Å². The summed E-state index contributed by atoms with van der Waals surface area (Å²) in [5.74, 6) is 0.616. The van der Waals surface area contributed by atoms with Crippen molar-refractivity contribution in [3.63, 3.8) is 0 Å². The van der Waals surface area contributed by atoms with Crippen LogP contribution < -0.4 is 24.4 Å². The Balaban J connectivity index is 1.85. The number of nitrogens with zero attached hydrogens (tertiary/aromatic N) is 2. The van der Waals surface area contributed by atoms with Gasteiger partial charge in [-0.05, 0) is 48.5 Å². The van der Waals surface area contributed by atoms with Crippen LogP contribution in [-0.2, 0) is 10.5 Å². The summed E-state index contributed by atoms with van der Waals surface area (Å²) in [5, 5.41) is 25.8. The van der Waals surface area contributed by atoms with Crippen molar-refractivity contribution >= 4 is 40.6 Å². The van der Waals surface area contributed by atoms with Crippen LogP contribution in [0.5, 0.6) is 17.2 Å². The maximum absolute atomic E-state index is 13.2.